The summed E-state index contributed by atoms with van der Waals surface area (Å²) in [7, 11) is 0. The number of rotatable bonds is 4. The zero-order chi connectivity index (χ0) is 61.2. The molecule has 10 nitrogen and oxygen atoms in total. The van der Waals surface area contributed by atoms with Gasteiger partial charge in [0.1, 0.15) is 0 Å². The van der Waals surface area contributed by atoms with Crippen LogP contribution in [0.4, 0.5) is 8.78 Å². The van der Waals surface area contributed by atoms with E-state index in [2.05, 4.69) is 172 Å². The van der Waals surface area contributed by atoms with Crippen molar-refractivity contribution in [1.29, 1.82) is 0 Å². The Bertz CT molecular complexity index is 2330. The molecule has 14 heteroatoms. The van der Waals surface area contributed by atoms with Crippen LogP contribution in [0.2, 0.25) is 0 Å². The van der Waals surface area contributed by atoms with Crippen LogP contribution in [-0.2, 0) is 36.9 Å². The van der Waals surface area contributed by atoms with Crippen LogP contribution in [0.1, 0.15) is 223 Å². The maximum absolute atomic E-state index is 13.5. The molecule has 6 heterocycles. The van der Waals surface area contributed by atoms with Crippen LogP contribution in [0, 0.1) is 27.1 Å². The van der Waals surface area contributed by atoms with Gasteiger partial charge in [-0.05, 0) is 150 Å². The molecule has 1 aromatic rings. The molecule has 1 aromatic carbocycles. The van der Waals surface area contributed by atoms with Gasteiger partial charge in [0.05, 0.1) is 40.5 Å². The van der Waals surface area contributed by atoms with Crippen LogP contribution in [0.15, 0.2) is 29.4 Å². The lowest BCUT2D eigenvalue weighted by Crippen LogP contribution is -2.50. The zero-order valence-corrected chi connectivity index (χ0v) is 56.5. The fraction of sp³-hybridized carbons (Fsp3) is 0.833. The monoisotopic (exact) mass is 1160 g/mol. The van der Waals surface area contributed by atoms with Gasteiger partial charge in [0.15, 0.2) is 28.7 Å². The largest absolute Gasteiger partial charge is 0.387 e. The Morgan fingerprint density at radius 3 is 1.21 bits per heavy atom. The number of carbonyl (C=O) groups excluding carboxylic acids is 4. The van der Waals surface area contributed by atoms with E-state index in [0.717, 1.165) is 63.9 Å². The van der Waals surface area contributed by atoms with Crippen molar-refractivity contribution in [3.8, 4) is 0 Å². The minimum Gasteiger partial charge on any atom is -0.387 e. The van der Waals surface area contributed by atoms with E-state index in [1.807, 2.05) is 48.5 Å². The Morgan fingerprint density at radius 1 is 0.487 bits per heavy atom. The standard InChI is InChI=1S/C21H31NO.C16H28N2O2.C16H29NOS2.C13H23F2NO/c1-19(2,3)18(23)17-13-21(14-22(17)20(4,5)6)11-15-9-7-8-10-16(15)12-21;1-11-8-16(20-17-11)9-12(13(19)14(2,3)4)18(10-16)15(5,6)7;1-14(2,3)13(18)12-10-16(19-8-7-9-20-16)11-17(12)15(4,5)6;1-11(2,3)10(17)9-7-13(14,15)8-16(9)12(4,5)6/h7-10,17H,11-14H2,1-6H3;12H,8-10H2,1-7H3;12H,7-11H2,1-6H3;9H,7-8H2,1-6H3. The van der Waals surface area contributed by atoms with Crippen molar-refractivity contribution in [3.05, 3.63) is 35.4 Å². The van der Waals surface area contributed by atoms with Gasteiger partial charge in [-0.25, -0.2) is 8.78 Å². The molecule has 456 valence electrons. The summed E-state index contributed by atoms with van der Waals surface area (Å²) in [4.78, 5) is 65.6. The number of fused-ring (bicyclic) bond motifs is 1. The molecule has 5 atom stereocenters. The summed E-state index contributed by atoms with van der Waals surface area (Å²) in [5.74, 6) is 0.778. The average molecular weight is 1160 g/mol. The molecule has 5 unspecified atom stereocenters. The maximum atomic E-state index is 13.5. The normalized spacial score (nSPS) is 27.4. The third-order valence-corrected chi connectivity index (χ3v) is 20.7. The second-order valence-electron chi connectivity index (χ2n) is 33.2. The number of hydrogen-bond donors (Lipinski definition) is 0. The first-order chi connectivity index (χ1) is 35.9. The number of ketones is 4. The molecule has 0 bridgehead atoms. The molecule has 0 N–H and O–H groups in total. The van der Waals surface area contributed by atoms with E-state index in [1.165, 1.54) is 29.1 Å². The summed E-state index contributed by atoms with van der Waals surface area (Å²) in [5.41, 5.74) is 2.19. The summed E-state index contributed by atoms with van der Waals surface area (Å²) in [6, 6.07) is 8.24. The summed E-state index contributed by atoms with van der Waals surface area (Å²) >= 11 is 4.19. The van der Waals surface area contributed by atoms with E-state index < -0.39 is 22.9 Å². The maximum Gasteiger partial charge on any atom is 0.262 e. The first-order valence-electron chi connectivity index (χ1n) is 30.0. The summed E-state index contributed by atoms with van der Waals surface area (Å²) in [5, 5.41) is 4.12. The van der Waals surface area contributed by atoms with Crippen LogP contribution >= 0.6 is 23.5 Å². The highest BCUT2D eigenvalue weighted by Crippen LogP contribution is 2.53. The SMILES string of the molecule is CC(C)(C)C(=O)C1CC(F)(F)CN1C(C)(C)C.CC(C)(C)C(=O)C1CC2(CN1C(C)(C)C)SCCCS2.CC(C)(C)C(=O)C1CC2(Cc3ccccc3C2)CN1C(C)(C)C.CC1=NOC2(C1)CC(C(=O)C(C)(C)C)N(C(C)(C)C)C2. The fourth-order valence-corrected chi connectivity index (χ4v) is 16.5. The predicted molar refractivity (Wildman–Crippen MR) is 332 cm³/mol. The van der Waals surface area contributed by atoms with E-state index in [9.17, 15) is 28.0 Å². The van der Waals surface area contributed by atoms with Gasteiger partial charge in [-0.3, -0.25) is 38.8 Å². The van der Waals surface area contributed by atoms with Gasteiger partial charge >= 0.3 is 0 Å². The number of likely N-dealkylation sites (tertiary alicyclic amines) is 4. The van der Waals surface area contributed by atoms with Gasteiger partial charge in [0.2, 0.25) is 0 Å². The number of alkyl halides is 2. The van der Waals surface area contributed by atoms with E-state index in [-0.39, 0.29) is 84.8 Å². The highest BCUT2D eigenvalue weighted by molar-refractivity contribution is 8.18. The van der Waals surface area contributed by atoms with E-state index in [4.69, 9.17) is 4.84 Å². The van der Waals surface area contributed by atoms with Crippen LogP contribution in [0.5, 0.6) is 0 Å². The van der Waals surface area contributed by atoms with Crippen molar-refractivity contribution in [3.63, 3.8) is 0 Å². The van der Waals surface area contributed by atoms with Crippen molar-refractivity contribution in [2.45, 2.75) is 286 Å². The fourth-order valence-electron chi connectivity index (χ4n) is 13.2. The second kappa shape index (κ2) is 23.6. The summed E-state index contributed by atoms with van der Waals surface area (Å²) in [6.07, 6.45) is 6.84. The van der Waals surface area contributed by atoms with Crippen LogP contribution in [0.25, 0.3) is 0 Å². The molecule has 80 heavy (non-hydrogen) atoms. The Balaban J connectivity index is 0.000000197. The number of carbonyl (C=O) groups is 4. The van der Waals surface area contributed by atoms with Gasteiger partial charge in [0, 0.05) is 82.7 Å². The zero-order valence-electron chi connectivity index (χ0n) is 54.9. The number of Topliss-reactive ketones (excluding diaryl/α,β-unsaturated/α-hetero) is 4. The quantitative estimate of drug-likeness (QED) is 0.288. The second-order valence-corrected chi connectivity index (χ2v) is 36.5. The molecule has 0 aromatic heterocycles. The topological polar surface area (TPSA) is 103 Å². The number of halogens is 2. The van der Waals surface area contributed by atoms with E-state index in [0.29, 0.717) is 17.3 Å². The number of thioether (sulfide) groups is 2. The molecule has 0 radical (unpaired) electrons. The van der Waals surface area contributed by atoms with Crippen LogP contribution in [0.3, 0.4) is 0 Å². The van der Waals surface area contributed by atoms with Crippen molar-refractivity contribution in [2.75, 3.05) is 37.7 Å². The number of hydrogen-bond acceptors (Lipinski definition) is 12. The van der Waals surface area contributed by atoms with E-state index >= 15 is 0 Å². The third kappa shape index (κ3) is 16.6. The molecule has 3 spiro atoms. The molecule has 8 rings (SSSR count). The van der Waals surface area contributed by atoms with Crippen molar-refractivity contribution in [2.24, 2.45) is 32.2 Å². The van der Waals surface area contributed by atoms with Crippen LogP contribution in [-0.4, -0.2) is 148 Å². The van der Waals surface area contributed by atoms with E-state index in [1.54, 1.807) is 25.7 Å². The first kappa shape index (κ1) is 68.5. The lowest BCUT2D eigenvalue weighted by Gasteiger charge is -2.39. The smallest absolute Gasteiger partial charge is 0.262 e. The molecule has 0 saturated carbocycles. The summed E-state index contributed by atoms with van der Waals surface area (Å²) < 4.78 is 27.3. The molecule has 5 fully saturated rings. The molecule has 6 aliphatic heterocycles. The highest BCUT2D eigenvalue weighted by atomic mass is 32.2. The third-order valence-electron chi connectivity index (χ3n) is 17.3. The Kier molecular flexibility index (Phi) is 20.2. The predicted octanol–water partition coefficient (Wildman–Crippen LogP) is 14.4. The number of nitrogens with zero attached hydrogens (tertiary/aromatic N) is 5. The first-order valence-corrected chi connectivity index (χ1v) is 32.0. The molecular formula is C66H111F2N5O5S2. The van der Waals surface area contributed by atoms with Crippen molar-refractivity contribution >= 4 is 52.4 Å². The van der Waals surface area contributed by atoms with Crippen LogP contribution < -0.4 is 0 Å². The Hall–Kier alpha value is -2.23. The lowest BCUT2D eigenvalue weighted by molar-refractivity contribution is -0.133. The highest BCUT2D eigenvalue weighted by Gasteiger charge is 2.57. The van der Waals surface area contributed by atoms with Gasteiger partial charge in [0.25, 0.3) is 5.92 Å². The lowest BCUT2D eigenvalue weighted by atomic mass is 9.78. The number of oxime groups is 1. The molecular weight excluding hydrogens is 1040 g/mol. The Labute approximate surface area is 494 Å². The summed E-state index contributed by atoms with van der Waals surface area (Å²) in [6.45, 7) is 53.8. The molecule has 1 aliphatic carbocycles. The molecule has 0 amide bonds. The van der Waals surface area contributed by atoms with Crippen molar-refractivity contribution in [1.82, 2.24) is 19.6 Å². The van der Waals surface area contributed by atoms with Gasteiger partial charge < -0.3 is 4.84 Å². The van der Waals surface area contributed by atoms with Gasteiger partial charge in [-0.2, -0.15) is 0 Å². The number of benzene rings is 1. The van der Waals surface area contributed by atoms with Crippen molar-refractivity contribution < 1.29 is 32.8 Å². The minimum absolute atomic E-state index is 0.0316. The van der Waals surface area contributed by atoms with Gasteiger partial charge in [-0.1, -0.05) is 113 Å². The minimum atomic E-state index is -2.75. The molecule has 7 aliphatic rings. The Morgan fingerprint density at radius 2 is 0.838 bits per heavy atom. The average Bonchev–Trinajstić information content (AvgIpc) is 4.15. The van der Waals surface area contributed by atoms with Gasteiger partial charge in [-0.15, -0.1) is 23.5 Å². The molecule has 5 saturated heterocycles.